The van der Waals surface area contributed by atoms with Crippen molar-refractivity contribution >= 4 is 21.8 Å². The third kappa shape index (κ3) is 4.69. The molecule has 0 aliphatic heterocycles. The van der Waals surface area contributed by atoms with E-state index in [-0.39, 0.29) is 5.91 Å². The largest absolute Gasteiger partial charge is 0.493 e. The second-order valence-corrected chi connectivity index (χ2v) is 4.98. The second kappa shape index (κ2) is 7.41. The Labute approximate surface area is 117 Å². The number of halogens is 1. The maximum atomic E-state index is 11.3. The molecule has 0 heterocycles. The summed E-state index contributed by atoms with van der Waals surface area (Å²) in [5.41, 5.74) is 2.34. The van der Waals surface area contributed by atoms with Crippen molar-refractivity contribution in [1.82, 2.24) is 4.90 Å². The minimum Gasteiger partial charge on any atom is -0.493 e. The third-order valence-corrected chi connectivity index (χ3v) is 3.26. The summed E-state index contributed by atoms with van der Waals surface area (Å²) in [5.74, 6) is 1.03. The number of aryl methyl sites for hydroxylation is 2. The normalized spacial score (nSPS) is 10.2. The zero-order valence-electron chi connectivity index (χ0n) is 11.2. The smallest absolute Gasteiger partial charge is 0.232 e. The van der Waals surface area contributed by atoms with Crippen LogP contribution < -0.4 is 4.74 Å². The van der Waals surface area contributed by atoms with E-state index in [0.717, 1.165) is 24.3 Å². The van der Waals surface area contributed by atoms with Crippen molar-refractivity contribution in [2.45, 2.75) is 20.3 Å². The summed E-state index contributed by atoms with van der Waals surface area (Å²) in [6.07, 6.45) is 0.836. The van der Waals surface area contributed by atoms with Gasteiger partial charge in [-0.15, -0.1) is 0 Å². The van der Waals surface area contributed by atoms with Crippen LogP contribution in [0.25, 0.3) is 0 Å². The topological polar surface area (TPSA) is 29.5 Å². The number of ether oxygens (including phenoxy) is 1. The third-order valence-electron chi connectivity index (χ3n) is 2.78. The molecular formula is C14H20BrNO2. The van der Waals surface area contributed by atoms with E-state index in [2.05, 4.69) is 35.0 Å². The van der Waals surface area contributed by atoms with Crippen molar-refractivity contribution in [2.75, 3.05) is 25.5 Å². The van der Waals surface area contributed by atoms with E-state index in [1.165, 1.54) is 5.56 Å². The summed E-state index contributed by atoms with van der Waals surface area (Å²) in [6.45, 7) is 5.43. The summed E-state index contributed by atoms with van der Waals surface area (Å²) < 4.78 is 5.73. The zero-order chi connectivity index (χ0) is 13.5. The number of nitrogens with zero attached hydrogens (tertiary/aromatic N) is 1. The summed E-state index contributed by atoms with van der Waals surface area (Å²) >= 11 is 3.16. The highest BCUT2D eigenvalue weighted by Gasteiger charge is 2.06. The lowest BCUT2D eigenvalue weighted by atomic mass is 10.1. The number of benzene rings is 1. The monoisotopic (exact) mass is 313 g/mol. The van der Waals surface area contributed by atoms with Crippen LogP contribution in [-0.4, -0.2) is 36.3 Å². The van der Waals surface area contributed by atoms with E-state index >= 15 is 0 Å². The molecule has 0 N–H and O–H groups in total. The van der Waals surface area contributed by atoms with Gasteiger partial charge in [-0.05, 0) is 37.5 Å². The molecule has 0 radical (unpaired) electrons. The van der Waals surface area contributed by atoms with Crippen LogP contribution in [0.2, 0.25) is 0 Å². The highest BCUT2D eigenvalue weighted by molar-refractivity contribution is 9.09. The fourth-order valence-corrected chi connectivity index (χ4v) is 2.00. The van der Waals surface area contributed by atoms with Gasteiger partial charge in [0.2, 0.25) is 5.91 Å². The molecular weight excluding hydrogens is 294 g/mol. The molecule has 0 spiro atoms. The van der Waals surface area contributed by atoms with Crippen LogP contribution in [0.15, 0.2) is 18.2 Å². The van der Waals surface area contributed by atoms with Gasteiger partial charge < -0.3 is 9.64 Å². The lowest BCUT2D eigenvalue weighted by Gasteiger charge is -2.16. The Kier molecular flexibility index (Phi) is 6.19. The van der Waals surface area contributed by atoms with E-state index < -0.39 is 0 Å². The number of hydrogen-bond donors (Lipinski definition) is 0. The van der Waals surface area contributed by atoms with Crippen LogP contribution in [0.1, 0.15) is 17.5 Å². The Hall–Kier alpha value is -1.03. The van der Waals surface area contributed by atoms with Crippen molar-refractivity contribution in [3.8, 4) is 5.75 Å². The van der Waals surface area contributed by atoms with E-state index in [1.54, 1.807) is 4.90 Å². The van der Waals surface area contributed by atoms with Crippen LogP contribution in [0.4, 0.5) is 0 Å². The second-order valence-electron chi connectivity index (χ2n) is 4.42. The molecule has 0 aliphatic rings. The number of rotatable bonds is 6. The molecule has 1 rings (SSSR count). The van der Waals surface area contributed by atoms with Gasteiger partial charge in [-0.1, -0.05) is 28.1 Å². The average molecular weight is 314 g/mol. The lowest BCUT2D eigenvalue weighted by molar-refractivity contribution is -0.127. The SMILES string of the molecule is Cc1ccc(C)c(OCCCN(C)C(=O)CBr)c1. The van der Waals surface area contributed by atoms with E-state index in [4.69, 9.17) is 4.74 Å². The molecule has 0 aromatic heterocycles. The number of hydrogen-bond acceptors (Lipinski definition) is 2. The first-order valence-electron chi connectivity index (χ1n) is 6.04. The molecule has 1 aromatic carbocycles. The minimum atomic E-state index is 0.0988. The Morgan fingerprint density at radius 1 is 1.39 bits per heavy atom. The maximum Gasteiger partial charge on any atom is 0.232 e. The molecule has 1 amide bonds. The summed E-state index contributed by atoms with van der Waals surface area (Å²) in [4.78, 5) is 13.0. The molecule has 0 unspecified atom stereocenters. The highest BCUT2D eigenvalue weighted by atomic mass is 79.9. The van der Waals surface area contributed by atoms with Crippen molar-refractivity contribution < 1.29 is 9.53 Å². The molecule has 1 aromatic rings. The average Bonchev–Trinajstić information content (AvgIpc) is 2.37. The van der Waals surface area contributed by atoms with Crippen LogP contribution >= 0.6 is 15.9 Å². The fourth-order valence-electron chi connectivity index (χ4n) is 1.57. The number of carbonyl (C=O) groups excluding carboxylic acids is 1. The molecule has 0 bridgehead atoms. The van der Waals surface area contributed by atoms with Gasteiger partial charge in [0.05, 0.1) is 11.9 Å². The highest BCUT2D eigenvalue weighted by Crippen LogP contribution is 2.19. The lowest BCUT2D eigenvalue weighted by Crippen LogP contribution is -2.29. The van der Waals surface area contributed by atoms with Gasteiger partial charge >= 0.3 is 0 Å². The number of amides is 1. The van der Waals surface area contributed by atoms with E-state index in [0.29, 0.717) is 11.9 Å². The van der Waals surface area contributed by atoms with Crippen molar-refractivity contribution in [2.24, 2.45) is 0 Å². The van der Waals surface area contributed by atoms with E-state index in [1.807, 2.05) is 20.0 Å². The minimum absolute atomic E-state index is 0.0988. The molecule has 0 aliphatic carbocycles. The Morgan fingerprint density at radius 2 is 2.11 bits per heavy atom. The standard InChI is InChI=1S/C14H20BrNO2/c1-11-5-6-12(2)13(9-11)18-8-4-7-16(3)14(17)10-15/h5-6,9H,4,7-8,10H2,1-3H3. The van der Waals surface area contributed by atoms with Gasteiger partial charge in [0, 0.05) is 13.6 Å². The van der Waals surface area contributed by atoms with Crippen LogP contribution in [0, 0.1) is 13.8 Å². The molecule has 0 fully saturated rings. The van der Waals surface area contributed by atoms with Crippen LogP contribution in [-0.2, 0) is 4.79 Å². The Balaban J connectivity index is 2.34. The molecule has 3 nitrogen and oxygen atoms in total. The first-order valence-corrected chi connectivity index (χ1v) is 7.16. The van der Waals surface area contributed by atoms with Crippen LogP contribution in [0.3, 0.4) is 0 Å². The number of alkyl halides is 1. The van der Waals surface area contributed by atoms with Gasteiger partial charge in [0.25, 0.3) is 0 Å². The molecule has 0 saturated heterocycles. The molecule has 0 saturated carbocycles. The molecule has 18 heavy (non-hydrogen) atoms. The molecule has 0 atom stereocenters. The van der Waals surface area contributed by atoms with E-state index in [9.17, 15) is 4.79 Å². The van der Waals surface area contributed by atoms with Crippen molar-refractivity contribution in [3.05, 3.63) is 29.3 Å². The predicted octanol–water partition coefficient (Wildman–Crippen LogP) is 2.93. The number of carbonyl (C=O) groups is 1. The maximum absolute atomic E-state index is 11.3. The predicted molar refractivity (Wildman–Crippen MR) is 77.5 cm³/mol. The summed E-state index contributed by atoms with van der Waals surface area (Å²) in [7, 11) is 1.81. The summed E-state index contributed by atoms with van der Waals surface area (Å²) in [5, 5.41) is 0.376. The van der Waals surface area contributed by atoms with Gasteiger partial charge in [0.15, 0.2) is 0 Å². The first kappa shape index (κ1) is 15.0. The quantitative estimate of drug-likeness (QED) is 0.597. The van der Waals surface area contributed by atoms with Gasteiger partial charge in [0.1, 0.15) is 5.75 Å². The Morgan fingerprint density at radius 3 is 2.78 bits per heavy atom. The molecule has 100 valence electrons. The first-order chi connectivity index (χ1) is 8.54. The van der Waals surface area contributed by atoms with Gasteiger partial charge in [-0.3, -0.25) is 4.79 Å². The fraction of sp³-hybridized carbons (Fsp3) is 0.500. The van der Waals surface area contributed by atoms with Gasteiger partial charge in [-0.2, -0.15) is 0 Å². The zero-order valence-corrected chi connectivity index (χ0v) is 12.8. The van der Waals surface area contributed by atoms with Crippen molar-refractivity contribution in [3.63, 3.8) is 0 Å². The summed E-state index contributed by atoms with van der Waals surface area (Å²) in [6, 6.07) is 6.18. The Bertz CT molecular complexity index is 407. The van der Waals surface area contributed by atoms with Crippen molar-refractivity contribution in [1.29, 1.82) is 0 Å². The molecule has 4 heteroatoms. The van der Waals surface area contributed by atoms with Crippen LogP contribution in [0.5, 0.6) is 5.75 Å². The van der Waals surface area contributed by atoms with Gasteiger partial charge in [-0.25, -0.2) is 0 Å².